The molecule has 5 nitrogen and oxygen atoms in total. The number of amides is 1. The van der Waals surface area contributed by atoms with Gasteiger partial charge in [-0.15, -0.1) is 0 Å². The van der Waals surface area contributed by atoms with Crippen LogP contribution in [-0.4, -0.2) is 31.7 Å². The lowest BCUT2D eigenvalue weighted by Crippen LogP contribution is -2.28. The molecule has 31 heavy (non-hydrogen) atoms. The number of hydrogen-bond acceptors (Lipinski definition) is 4. The zero-order valence-corrected chi connectivity index (χ0v) is 19.0. The number of rotatable bonds is 6. The van der Waals surface area contributed by atoms with E-state index in [4.69, 9.17) is 11.6 Å². The molecule has 1 aliphatic rings. The first-order chi connectivity index (χ1) is 14.9. The maximum absolute atomic E-state index is 13.0. The number of para-hydroxylation sites is 1. The molecule has 0 aliphatic carbocycles. The highest BCUT2D eigenvalue weighted by atomic mass is 35.5. The Bertz CT molecular complexity index is 1190. The molecule has 1 saturated heterocycles. The summed E-state index contributed by atoms with van der Waals surface area (Å²) in [5.41, 5.74) is 0.756. The molecule has 160 valence electrons. The number of halogens is 1. The summed E-state index contributed by atoms with van der Waals surface area (Å²) in [6, 6.07) is 21.6. The fourth-order valence-electron chi connectivity index (χ4n) is 3.38. The Labute approximate surface area is 191 Å². The van der Waals surface area contributed by atoms with E-state index in [2.05, 4.69) is 5.32 Å². The van der Waals surface area contributed by atoms with Crippen molar-refractivity contribution in [3.05, 3.63) is 83.4 Å². The van der Waals surface area contributed by atoms with Gasteiger partial charge in [-0.2, -0.15) is 4.31 Å². The third-order valence-corrected chi connectivity index (χ3v) is 8.30. The number of nitrogens with one attached hydrogen (secondary N) is 1. The number of sulfonamides is 1. The van der Waals surface area contributed by atoms with Crippen LogP contribution in [0.1, 0.15) is 23.2 Å². The second-order valence-corrected chi connectivity index (χ2v) is 10.6. The maximum atomic E-state index is 13.0. The van der Waals surface area contributed by atoms with Crippen molar-refractivity contribution < 1.29 is 13.2 Å². The largest absolute Gasteiger partial charge is 0.321 e. The van der Waals surface area contributed by atoms with Gasteiger partial charge in [0.2, 0.25) is 10.0 Å². The van der Waals surface area contributed by atoms with E-state index < -0.39 is 15.9 Å². The van der Waals surface area contributed by atoms with E-state index >= 15 is 0 Å². The summed E-state index contributed by atoms with van der Waals surface area (Å²) in [6.07, 6.45) is 1.69. The summed E-state index contributed by atoms with van der Waals surface area (Å²) >= 11 is 7.79. The smallest absolute Gasteiger partial charge is 0.257 e. The van der Waals surface area contributed by atoms with Gasteiger partial charge in [-0.1, -0.05) is 53.7 Å². The lowest BCUT2D eigenvalue weighted by atomic mass is 10.2. The van der Waals surface area contributed by atoms with Crippen molar-refractivity contribution in [3.8, 4) is 0 Å². The molecular formula is C23H21ClN2O3S2. The van der Waals surface area contributed by atoms with Gasteiger partial charge >= 0.3 is 0 Å². The van der Waals surface area contributed by atoms with Crippen molar-refractivity contribution in [3.63, 3.8) is 0 Å². The predicted octanol–water partition coefficient (Wildman–Crippen LogP) is 5.53. The highest BCUT2D eigenvalue weighted by Gasteiger charge is 2.28. The average Bonchev–Trinajstić information content (AvgIpc) is 3.32. The molecule has 1 aliphatic heterocycles. The van der Waals surface area contributed by atoms with E-state index in [1.165, 1.54) is 34.3 Å². The second kappa shape index (κ2) is 9.44. The van der Waals surface area contributed by atoms with Gasteiger partial charge in [0.25, 0.3) is 5.91 Å². The molecular weight excluding hydrogens is 452 g/mol. The van der Waals surface area contributed by atoms with Crippen molar-refractivity contribution in [1.29, 1.82) is 0 Å². The van der Waals surface area contributed by atoms with Crippen LogP contribution in [-0.2, 0) is 10.0 Å². The van der Waals surface area contributed by atoms with E-state index in [-0.39, 0.29) is 15.5 Å². The first-order valence-corrected chi connectivity index (χ1v) is 12.5. The Morgan fingerprint density at radius 3 is 2.35 bits per heavy atom. The Morgan fingerprint density at radius 1 is 0.935 bits per heavy atom. The van der Waals surface area contributed by atoms with Crippen LogP contribution < -0.4 is 5.32 Å². The minimum absolute atomic E-state index is 0.0795. The van der Waals surface area contributed by atoms with Gasteiger partial charge in [0.15, 0.2) is 0 Å². The van der Waals surface area contributed by atoms with Crippen LogP contribution in [0.2, 0.25) is 5.02 Å². The first kappa shape index (κ1) is 21.9. The van der Waals surface area contributed by atoms with E-state index in [1.807, 2.05) is 54.6 Å². The quantitative estimate of drug-likeness (QED) is 0.512. The fourth-order valence-corrected chi connectivity index (χ4v) is 6.05. The minimum Gasteiger partial charge on any atom is -0.321 e. The fraction of sp³-hybridized carbons (Fsp3) is 0.174. The Hall–Kier alpha value is -2.32. The number of benzene rings is 3. The van der Waals surface area contributed by atoms with Crippen LogP contribution in [0.15, 0.2) is 87.5 Å². The third kappa shape index (κ3) is 4.96. The molecule has 0 spiro atoms. The molecule has 3 aromatic rings. The second-order valence-electron chi connectivity index (χ2n) is 7.12. The summed E-state index contributed by atoms with van der Waals surface area (Å²) in [6.45, 7) is 0.993. The predicted molar refractivity (Wildman–Crippen MR) is 124 cm³/mol. The van der Waals surface area contributed by atoms with Crippen LogP contribution in [0.5, 0.6) is 0 Å². The van der Waals surface area contributed by atoms with Crippen LogP contribution in [0, 0.1) is 0 Å². The normalized spacial score (nSPS) is 14.5. The number of nitrogens with zero attached hydrogens (tertiary/aromatic N) is 1. The molecule has 1 amide bonds. The summed E-state index contributed by atoms with van der Waals surface area (Å²) in [5.74, 6) is -0.454. The molecule has 0 saturated carbocycles. The average molecular weight is 473 g/mol. The summed E-state index contributed by atoms with van der Waals surface area (Å²) in [7, 11) is -3.64. The van der Waals surface area contributed by atoms with Crippen LogP contribution in [0.3, 0.4) is 0 Å². The lowest BCUT2D eigenvalue weighted by Gasteiger charge is -2.17. The number of carbonyl (C=O) groups is 1. The van der Waals surface area contributed by atoms with Crippen molar-refractivity contribution in [1.82, 2.24) is 4.31 Å². The molecule has 0 aromatic heterocycles. The molecule has 1 fully saturated rings. The standard InChI is InChI=1S/C23H21ClN2O3S2/c24-20-13-12-18(31(28,29)26-14-6-7-15-26)16-19(20)23(27)25-21-10-4-5-11-22(21)30-17-8-2-1-3-9-17/h1-5,8-13,16H,6-7,14-15H2,(H,25,27). The molecule has 0 atom stereocenters. The van der Waals surface area contributed by atoms with Gasteiger partial charge in [-0.3, -0.25) is 4.79 Å². The molecule has 0 radical (unpaired) electrons. The van der Waals surface area contributed by atoms with E-state index in [0.29, 0.717) is 18.8 Å². The van der Waals surface area contributed by atoms with Gasteiger partial charge in [0, 0.05) is 22.9 Å². The summed E-state index contributed by atoms with van der Waals surface area (Å²) in [5, 5.41) is 3.08. The monoisotopic (exact) mass is 472 g/mol. The van der Waals surface area contributed by atoms with Crippen molar-refractivity contribution >= 4 is 45.0 Å². The zero-order valence-electron chi connectivity index (χ0n) is 16.6. The van der Waals surface area contributed by atoms with Crippen molar-refractivity contribution in [2.24, 2.45) is 0 Å². The van der Waals surface area contributed by atoms with Gasteiger partial charge in [0.1, 0.15) is 0 Å². The van der Waals surface area contributed by atoms with Gasteiger partial charge in [0.05, 0.1) is 21.2 Å². The topological polar surface area (TPSA) is 66.5 Å². The Morgan fingerprint density at radius 2 is 1.61 bits per heavy atom. The molecule has 1 N–H and O–H groups in total. The van der Waals surface area contributed by atoms with Crippen LogP contribution >= 0.6 is 23.4 Å². The first-order valence-electron chi connectivity index (χ1n) is 9.88. The highest BCUT2D eigenvalue weighted by molar-refractivity contribution is 7.99. The van der Waals surface area contributed by atoms with Crippen molar-refractivity contribution in [2.45, 2.75) is 27.5 Å². The summed E-state index contributed by atoms with van der Waals surface area (Å²) in [4.78, 5) is 15.0. The van der Waals surface area contributed by atoms with Gasteiger partial charge in [-0.25, -0.2) is 8.42 Å². The molecule has 8 heteroatoms. The van der Waals surface area contributed by atoms with E-state index in [0.717, 1.165) is 22.6 Å². The lowest BCUT2D eigenvalue weighted by molar-refractivity contribution is 0.102. The molecule has 0 unspecified atom stereocenters. The van der Waals surface area contributed by atoms with Crippen LogP contribution in [0.25, 0.3) is 0 Å². The molecule has 4 rings (SSSR count). The molecule has 1 heterocycles. The maximum Gasteiger partial charge on any atom is 0.257 e. The SMILES string of the molecule is O=C(Nc1ccccc1Sc1ccccc1)c1cc(S(=O)(=O)N2CCCC2)ccc1Cl. The minimum atomic E-state index is -3.64. The van der Waals surface area contributed by atoms with Gasteiger partial charge in [-0.05, 0) is 55.3 Å². The Kier molecular flexibility index (Phi) is 6.67. The highest BCUT2D eigenvalue weighted by Crippen LogP contribution is 2.34. The van der Waals surface area contributed by atoms with E-state index in [9.17, 15) is 13.2 Å². The zero-order chi connectivity index (χ0) is 21.8. The van der Waals surface area contributed by atoms with Crippen molar-refractivity contribution in [2.75, 3.05) is 18.4 Å². The van der Waals surface area contributed by atoms with E-state index in [1.54, 1.807) is 0 Å². The Balaban J connectivity index is 1.60. The van der Waals surface area contributed by atoms with Gasteiger partial charge < -0.3 is 5.32 Å². The third-order valence-electron chi connectivity index (χ3n) is 4.99. The van der Waals surface area contributed by atoms with Crippen LogP contribution in [0.4, 0.5) is 5.69 Å². The number of anilines is 1. The number of hydrogen-bond donors (Lipinski definition) is 1. The number of carbonyl (C=O) groups excluding carboxylic acids is 1. The summed E-state index contributed by atoms with van der Waals surface area (Å²) < 4.78 is 27.2. The molecule has 0 bridgehead atoms. The molecule has 3 aromatic carbocycles.